The highest BCUT2D eigenvalue weighted by molar-refractivity contribution is 5.94. The first kappa shape index (κ1) is 42.8. The van der Waals surface area contributed by atoms with Crippen LogP contribution < -0.4 is 16.4 Å². The summed E-state index contributed by atoms with van der Waals surface area (Å²) in [6.45, 7) is 18.4. The molecule has 0 radical (unpaired) electrons. The average Bonchev–Trinajstić information content (AvgIpc) is 3.02. The van der Waals surface area contributed by atoms with E-state index in [0.717, 1.165) is 24.0 Å². The average molecular weight is 709 g/mol. The number of nitrogens with one attached hydrogen (secondary N) is 2. The van der Waals surface area contributed by atoms with Gasteiger partial charge in [-0.15, -0.1) is 0 Å². The maximum absolute atomic E-state index is 14.8. The molecule has 4 unspecified atom stereocenters. The van der Waals surface area contributed by atoms with Crippen LogP contribution in [0.2, 0.25) is 0 Å². The molecular formula is C40H60N4O7. The number of carbonyl (C=O) groups excluding carboxylic acids is 5. The summed E-state index contributed by atoms with van der Waals surface area (Å²) in [6, 6.07) is 12.6. The van der Waals surface area contributed by atoms with Gasteiger partial charge in [0.05, 0.1) is 0 Å². The highest BCUT2D eigenvalue weighted by Gasteiger charge is 2.40. The van der Waals surface area contributed by atoms with Crippen LogP contribution in [-0.4, -0.2) is 64.0 Å². The normalized spacial score (nSPS) is 14.1. The van der Waals surface area contributed by atoms with Crippen molar-refractivity contribution in [2.45, 2.75) is 143 Å². The SMILES string of the molecule is CCc1ccc(C(C(=O)NC(Cc2ccccc2)C(=O)OC(C)(C)C)N(C(=O)C(CCC(N)=O)NC(=O)OC(C)(C)C)C(C)CCC(C)C)cc1. The largest absolute Gasteiger partial charge is 0.458 e. The molecule has 2 rings (SSSR count). The van der Waals surface area contributed by atoms with Crippen LogP contribution >= 0.6 is 0 Å². The van der Waals surface area contributed by atoms with Gasteiger partial charge in [-0.1, -0.05) is 75.4 Å². The summed E-state index contributed by atoms with van der Waals surface area (Å²) >= 11 is 0. The molecule has 2 aromatic rings. The van der Waals surface area contributed by atoms with Crippen LogP contribution in [0.3, 0.4) is 0 Å². The van der Waals surface area contributed by atoms with Gasteiger partial charge >= 0.3 is 12.1 Å². The molecule has 0 aliphatic carbocycles. The van der Waals surface area contributed by atoms with Crippen molar-refractivity contribution in [2.75, 3.05) is 0 Å². The number of benzene rings is 2. The maximum atomic E-state index is 14.8. The molecule has 0 saturated heterocycles. The quantitative estimate of drug-likeness (QED) is 0.166. The number of aryl methyl sites for hydroxylation is 1. The van der Waals surface area contributed by atoms with Crippen molar-refractivity contribution in [2.24, 2.45) is 11.7 Å². The van der Waals surface area contributed by atoms with E-state index in [9.17, 15) is 24.0 Å². The van der Waals surface area contributed by atoms with Crippen molar-refractivity contribution in [1.82, 2.24) is 15.5 Å². The number of amides is 4. The summed E-state index contributed by atoms with van der Waals surface area (Å²) in [6.07, 6.45) is 1.04. The standard InChI is InChI=1S/C40H60N4O7/c1-11-28-19-21-30(22-20-28)34(35(46)42-32(37(48)50-39(5,6)7)25-29-15-13-12-14-16-29)44(27(4)18-17-26(2)3)36(47)31(23-24-33(41)45)43-38(49)51-40(8,9)10/h12-16,19-22,26-27,31-32,34H,11,17-18,23-25H2,1-10H3,(H2,41,45)(H,42,46)(H,43,49). The van der Waals surface area contributed by atoms with Gasteiger partial charge in [0.15, 0.2) is 0 Å². The van der Waals surface area contributed by atoms with Crippen LogP contribution in [0.4, 0.5) is 4.79 Å². The van der Waals surface area contributed by atoms with Crippen molar-refractivity contribution >= 4 is 29.8 Å². The van der Waals surface area contributed by atoms with Crippen LogP contribution in [0, 0.1) is 5.92 Å². The minimum absolute atomic E-state index is 0.113. The van der Waals surface area contributed by atoms with E-state index in [-0.39, 0.29) is 19.3 Å². The molecule has 0 aliphatic heterocycles. The molecule has 0 bridgehead atoms. The van der Waals surface area contributed by atoms with Crippen molar-refractivity contribution < 1.29 is 33.4 Å². The molecule has 0 fully saturated rings. The van der Waals surface area contributed by atoms with Crippen molar-refractivity contribution in [3.63, 3.8) is 0 Å². The second-order valence-electron chi connectivity index (χ2n) is 15.6. The zero-order valence-corrected chi connectivity index (χ0v) is 32.2. The molecule has 4 N–H and O–H groups in total. The summed E-state index contributed by atoms with van der Waals surface area (Å²) in [7, 11) is 0. The van der Waals surface area contributed by atoms with Crippen molar-refractivity contribution in [3.05, 3.63) is 71.3 Å². The summed E-state index contributed by atoms with van der Waals surface area (Å²) in [4.78, 5) is 69.6. The molecule has 282 valence electrons. The molecule has 0 spiro atoms. The number of rotatable bonds is 17. The molecule has 4 atom stereocenters. The molecule has 0 heterocycles. The van der Waals surface area contributed by atoms with Gasteiger partial charge in [0, 0.05) is 18.9 Å². The van der Waals surface area contributed by atoms with Crippen LogP contribution in [0.5, 0.6) is 0 Å². The molecule has 2 aromatic carbocycles. The maximum Gasteiger partial charge on any atom is 0.408 e. The Labute approximate surface area is 304 Å². The van der Waals surface area contributed by atoms with Gasteiger partial charge in [-0.3, -0.25) is 14.4 Å². The summed E-state index contributed by atoms with van der Waals surface area (Å²) in [5.74, 6) is -2.15. The van der Waals surface area contributed by atoms with E-state index in [4.69, 9.17) is 15.2 Å². The van der Waals surface area contributed by atoms with E-state index in [2.05, 4.69) is 24.5 Å². The number of ether oxygens (including phenoxy) is 2. The first-order chi connectivity index (χ1) is 23.7. The van der Waals surface area contributed by atoms with Gasteiger partial charge in [-0.05, 0) is 96.8 Å². The number of hydrogen-bond donors (Lipinski definition) is 3. The monoisotopic (exact) mass is 708 g/mol. The van der Waals surface area contributed by atoms with Crippen LogP contribution in [-0.2, 0) is 41.5 Å². The lowest BCUT2D eigenvalue weighted by molar-refractivity contribution is -0.159. The second-order valence-corrected chi connectivity index (χ2v) is 15.6. The zero-order chi connectivity index (χ0) is 38.5. The van der Waals surface area contributed by atoms with Crippen LogP contribution in [0.1, 0.15) is 118 Å². The fraction of sp³-hybridized carbons (Fsp3) is 0.575. The van der Waals surface area contributed by atoms with Gasteiger partial charge in [-0.25, -0.2) is 9.59 Å². The van der Waals surface area contributed by atoms with Gasteiger partial charge in [-0.2, -0.15) is 0 Å². The predicted molar refractivity (Wildman–Crippen MR) is 198 cm³/mol. The van der Waals surface area contributed by atoms with Gasteiger partial charge in [0.2, 0.25) is 17.7 Å². The molecule has 4 amide bonds. The molecule has 0 aliphatic rings. The first-order valence-electron chi connectivity index (χ1n) is 18.0. The van der Waals surface area contributed by atoms with Gasteiger partial charge < -0.3 is 30.7 Å². The Morgan fingerprint density at radius 1 is 0.745 bits per heavy atom. The highest BCUT2D eigenvalue weighted by Crippen LogP contribution is 2.29. The number of nitrogens with two attached hydrogens (primary N) is 1. The Hall–Kier alpha value is -4.41. The van der Waals surface area contributed by atoms with Gasteiger partial charge in [0.25, 0.3) is 0 Å². The Balaban J connectivity index is 2.74. The molecule has 11 nitrogen and oxygen atoms in total. The number of nitrogens with zero attached hydrogens (tertiary/aromatic N) is 1. The molecule has 51 heavy (non-hydrogen) atoms. The van der Waals surface area contributed by atoms with Crippen LogP contribution in [0.25, 0.3) is 0 Å². The van der Waals surface area contributed by atoms with Crippen molar-refractivity contribution in [3.8, 4) is 0 Å². The molecule has 0 aromatic heterocycles. The van der Waals surface area contributed by atoms with E-state index in [1.807, 2.05) is 56.3 Å². The first-order valence-corrected chi connectivity index (χ1v) is 18.0. The van der Waals surface area contributed by atoms with E-state index >= 15 is 0 Å². The third kappa shape index (κ3) is 15.2. The van der Waals surface area contributed by atoms with E-state index in [1.54, 1.807) is 53.7 Å². The Kier molecular flexibility index (Phi) is 16.2. The highest BCUT2D eigenvalue weighted by atomic mass is 16.6. The van der Waals surface area contributed by atoms with E-state index in [1.165, 1.54) is 4.90 Å². The third-order valence-corrected chi connectivity index (χ3v) is 8.08. The fourth-order valence-electron chi connectivity index (χ4n) is 5.53. The predicted octanol–water partition coefficient (Wildman–Crippen LogP) is 6.17. The molecular weight excluding hydrogens is 648 g/mol. The fourth-order valence-corrected chi connectivity index (χ4v) is 5.53. The number of primary amides is 1. The smallest absolute Gasteiger partial charge is 0.408 e. The summed E-state index contributed by atoms with van der Waals surface area (Å²) in [5.41, 5.74) is 6.17. The summed E-state index contributed by atoms with van der Waals surface area (Å²) < 4.78 is 11.2. The Morgan fingerprint density at radius 2 is 1.33 bits per heavy atom. The van der Waals surface area contributed by atoms with Gasteiger partial charge in [0.1, 0.15) is 29.3 Å². The second kappa shape index (κ2) is 19.3. The zero-order valence-electron chi connectivity index (χ0n) is 32.2. The minimum atomic E-state index is -1.25. The Bertz CT molecular complexity index is 1450. The Morgan fingerprint density at radius 3 is 1.84 bits per heavy atom. The lowest BCUT2D eigenvalue weighted by atomic mass is 9.95. The van der Waals surface area contributed by atoms with Crippen LogP contribution in [0.15, 0.2) is 54.6 Å². The topological polar surface area (TPSA) is 157 Å². The third-order valence-electron chi connectivity index (χ3n) is 8.08. The molecule has 0 saturated carbocycles. The lowest BCUT2D eigenvalue weighted by Gasteiger charge is -2.39. The number of carbonyl (C=O) groups is 5. The van der Waals surface area contributed by atoms with Crippen molar-refractivity contribution in [1.29, 1.82) is 0 Å². The minimum Gasteiger partial charge on any atom is -0.458 e. The van der Waals surface area contributed by atoms with E-state index in [0.29, 0.717) is 17.9 Å². The summed E-state index contributed by atoms with van der Waals surface area (Å²) in [5, 5.41) is 5.58. The molecule has 11 heteroatoms. The lowest BCUT2D eigenvalue weighted by Crippen LogP contribution is -2.57. The number of hydrogen-bond acceptors (Lipinski definition) is 7. The number of alkyl carbamates (subject to hydrolysis) is 1. The number of esters is 1. The van der Waals surface area contributed by atoms with E-state index < -0.39 is 65.2 Å².